The summed E-state index contributed by atoms with van der Waals surface area (Å²) in [5.74, 6) is -4.03. The van der Waals surface area contributed by atoms with Crippen molar-refractivity contribution in [1.29, 1.82) is 10.5 Å². The molecule has 1 unspecified atom stereocenters. The molecule has 0 aromatic heterocycles. The normalized spacial score (nSPS) is 20.2. The zero-order chi connectivity index (χ0) is 21.6. The summed E-state index contributed by atoms with van der Waals surface area (Å²) < 4.78 is 0. The summed E-state index contributed by atoms with van der Waals surface area (Å²) in [6.45, 7) is 2.07. The number of carbonyl (C=O) groups is 2. The Kier molecular flexibility index (Phi) is 5.21. The number of anilines is 1. The van der Waals surface area contributed by atoms with Gasteiger partial charge in [0, 0.05) is 38.8 Å². The summed E-state index contributed by atoms with van der Waals surface area (Å²) in [4.78, 5) is 31.2. The quantitative estimate of drug-likeness (QED) is 0.547. The molecular formula is C22H23N5O2S. The molecule has 3 aliphatic heterocycles. The summed E-state index contributed by atoms with van der Waals surface area (Å²) in [5.41, 5.74) is 4.35. The lowest BCUT2D eigenvalue weighted by atomic mass is 9.74. The molecule has 0 N–H and O–H groups in total. The van der Waals surface area contributed by atoms with Crippen LogP contribution in [0, 0.1) is 34.5 Å². The van der Waals surface area contributed by atoms with Gasteiger partial charge in [0.25, 0.3) is 0 Å². The van der Waals surface area contributed by atoms with Crippen LogP contribution in [0.25, 0.3) is 0 Å². The maximum absolute atomic E-state index is 13.1. The average molecular weight is 422 g/mol. The summed E-state index contributed by atoms with van der Waals surface area (Å²) >= 11 is 5.20. The Morgan fingerprint density at radius 2 is 1.50 bits per heavy atom. The van der Waals surface area contributed by atoms with E-state index in [0.717, 1.165) is 44.3 Å². The van der Waals surface area contributed by atoms with Gasteiger partial charge < -0.3 is 4.90 Å². The third-order valence-corrected chi connectivity index (χ3v) is 7.05. The number of carbonyl (C=O) groups excluding carboxylic acids is 2. The average Bonchev–Trinajstić information content (AvgIpc) is 2.76. The first-order valence-electron chi connectivity index (χ1n) is 10.2. The standard InChI is InChI=1S/C22H23N5O2S/c1-25-20(28)18(21(29)26(2)22(25)30)17(16(11-23)12-24)15-9-13-5-3-7-27-8-4-6-14(10-15)19(13)27/h9-10,16-18H,3-8H2,1-2H3. The van der Waals surface area contributed by atoms with Gasteiger partial charge in [0.15, 0.2) is 5.11 Å². The molecule has 1 aromatic rings. The number of rotatable bonds is 3. The molecule has 3 aliphatic rings. The summed E-state index contributed by atoms with van der Waals surface area (Å²) in [6.07, 6.45) is 3.92. The molecular weight excluding hydrogens is 398 g/mol. The lowest BCUT2D eigenvalue weighted by Gasteiger charge is -2.40. The molecule has 7 nitrogen and oxygen atoms in total. The van der Waals surface area contributed by atoms with E-state index in [4.69, 9.17) is 12.2 Å². The van der Waals surface area contributed by atoms with Crippen molar-refractivity contribution in [1.82, 2.24) is 9.80 Å². The van der Waals surface area contributed by atoms with E-state index in [9.17, 15) is 20.1 Å². The minimum Gasteiger partial charge on any atom is -0.371 e. The van der Waals surface area contributed by atoms with Gasteiger partial charge in [0.2, 0.25) is 11.8 Å². The van der Waals surface area contributed by atoms with Gasteiger partial charge in [-0.2, -0.15) is 10.5 Å². The fourth-order valence-corrected chi connectivity index (χ4v) is 5.21. The Morgan fingerprint density at radius 3 is 1.97 bits per heavy atom. The van der Waals surface area contributed by atoms with E-state index in [1.165, 1.54) is 40.7 Å². The maximum atomic E-state index is 13.1. The molecule has 0 aliphatic carbocycles. The van der Waals surface area contributed by atoms with Crippen molar-refractivity contribution in [2.45, 2.75) is 31.6 Å². The van der Waals surface area contributed by atoms with E-state index in [1.807, 2.05) is 24.3 Å². The second kappa shape index (κ2) is 7.70. The molecule has 3 heterocycles. The number of hydrogen-bond donors (Lipinski definition) is 0. The predicted octanol–water partition coefficient (Wildman–Crippen LogP) is 1.96. The van der Waals surface area contributed by atoms with Crippen molar-refractivity contribution in [3.8, 4) is 12.1 Å². The van der Waals surface area contributed by atoms with Gasteiger partial charge in [0.1, 0.15) is 11.8 Å². The molecule has 1 aromatic carbocycles. The van der Waals surface area contributed by atoms with Crippen LogP contribution in [0.15, 0.2) is 12.1 Å². The van der Waals surface area contributed by atoms with Crippen LogP contribution in [0.2, 0.25) is 0 Å². The Morgan fingerprint density at radius 1 is 1.00 bits per heavy atom. The molecule has 1 atom stereocenters. The highest BCUT2D eigenvalue weighted by Gasteiger charge is 2.48. The third-order valence-electron chi connectivity index (χ3n) is 6.50. The Hall–Kier alpha value is -2.97. The molecule has 8 heteroatoms. The van der Waals surface area contributed by atoms with Crippen molar-refractivity contribution in [3.63, 3.8) is 0 Å². The fraction of sp³-hybridized carbons (Fsp3) is 0.500. The first-order chi connectivity index (χ1) is 14.4. The number of nitriles is 2. The predicted molar refractivity (Wildman–Crippen MR) is 114 cm³/mol. The fourth-order valence-electron chi connectivity index (χ4n) is 5.03. The van der Waals surface area contributed by atoms with E-state index >= 15 is 0 Å². The SMILES string of the molecule is CN1C(=O)C(C(c2cc3c4c(c2)CCCN4CCC3)C(C#N)C#N)C(=O)N(C)C1=S. The van der Waals surface area contributed by atoms with E-state index in [0.29, 0.717) is 0 Å². The van der Waals surface area contributed by atoms with Crippen LogP contribution in [-0.2, 0) is 22.4 Å². The highest BCUT2D eigenvalue weighted by molar-refractivity contribution is 7.80. The van der Waals surface area contributed by atoms with E-state index < -0.39 is 29.6 Å². The van der Waals surface area contributed by atoms with Crippen molar-refractivity contribution < 1.29 is 9.59 Å². The smallest absolute Gasteiger partial charge is 0.241 e. The third kappa shape index (κ3) is 3.03. The van der Waals surface area contributed by atoms with Crippen LogP contribution in [0.5, 0.6) is 0 Å². The van der Waals surface area contributed by atoms with E-state index in [-0.39, 0.29) is 5.11 Å². The molecule has 4 rings (SSSR count). The Bertz CT molecular complexity index is 954. The second-order valence-electron chi connectivity index (χ2n) is 8.20. The lowest BCUT2D eigenvalue weighted by Crippen LogP contribution is -2.58. The molecule has 1 saturated heterocycles. The molecule has 0 radical (unpaired) electrons. The molecule has 1 fully saturated rings. The van der Waals surface area contributed by atoms with Crippen LogP contribution < -0.4 is 4.90 Å². The van der Waals surface area contributed by atoms with Crippen LogP contribution in [-0.4, -0.2) is 53.9 Å². The Labute approximate surface area is 181 Å². The number of aryl methyl sites for hydroxylation is 2. The molecule has 2 amide bonds. The van der Waals surface area contributed by atoms with Gasteiger partial charge >= 0.3 is 0 Å². The number of nitrogens with zero attached hydrogens (tertiary/aromatic N) is 5. The van der Waals surface area contributed by atoms with Gasteiger partial charge in [-0.05, 0) is 54.6 Å². The monoisotopic (exact) mass is 421 g/mol. The largest absolute Gasteiger partial charge is 0.371 e. The minimum absolute atomic E-state index is 0.127. The summed E-state index contributed by atoms with van der Waals surface area (Å²) in [7, 11) is 3.06. The first-order valence-corrected chi connectivity index (χ1v) is 10.6. The molecule has 0 spiro atoms. The van der Waals surface area contributed by atoms with Crippen molar-refractivity contribution in [2.24, 2.45) is 11.8 Å². The van der Waals surface area contributed by atoms with Crippen LogP contribution in [0.4, 0.5) is 5.69 Å². The maximum Gasteiger partial charge on any atom is 0.241 e. The summed E-state index contributed by atoms with van der Waals surface area (Å²) in [5, 5.41) is 19.5. The zero-order valence-corrected chi connectivity index (χ0v) is 17.9. The van der Waals surface area contributed by atoms with Crippen molar-refractivity contribution >= 4 is 34.8 Å². The zero-order valence-electron chi connectivity index (χ0n) is 17.1. The van der Waals surface area contributed by atoms with Gasteiger partial charge in [-0.15, -0.1) is 0 Å². The number of hydrogen-bond acceptors (Lipinski definition) is 6. The topological polar surface area (TPSA) is 91.4 Å². The van der Waals surface area contributed by atoms with E-state index in [2.05, 4.69) is 4.90 Å². The Balaban J connectivity index is 1.87. The van der Waals surface area contributed by atoms with Gasteiger partial charge in [0.05, 0.1) is 12.1 Å². The molecule has 30 heavy (non-hydrogen) atoms. The molecule has 0 bridgehead atoms. The first kappa shape index (κ1) is 20.3. The lowest BCUT2D eigenvalue weighted by molar-refractivity contribution is -0.147. The van der Waals surface area contributed by atoms with Crippen molar-refractivity contribution in [2.75, 3.05) is 32.1 Å². The minimum atomic E-state index is -1.15. The number of benzene rings is 1. The van der Waals surface area contributed by atoms with E-state index in [1.54, 1.807) is 0 Å². The number of amides is 2. The number of thiocarbonyl (C=S) groups is 1. The van der Waals surface area contributed by atoms with Crippen LogP contribution in [0.3, 0.4) is 0 Å². The van der Waals surface area contributed by atoms with Crippen LogP contribution in [0.1, 0.15) is 35.4 Å². The molecule has 154 valence electrons. The highest BCUT2D eigenvalue weighted by Crippen LogP contribution is 2.42. The highest BCUT2D eigenvalue weighted by atomic mass is 32.1. The van der Waals surface area contributed by atoms with Crippen LogP contribution >= 0.6 is 12.2 Å². The second-order valence-corrected chi connectivity index (χ2v) is 8.56. The van der Waals surface area contributed by atoms with Gasteiger partial charge in [-0.1, -0.05) is 12.1 Å². The van der Waals surface area contributed by atoms with Crippen molar-refractivity contribution in [3.05, 3.63) is 28.8 Å². The van der Waals surface area contributed by atoms with Gasteiger partial charge in [-0.3, -0.25) is 19.4 Å². The summed E-state index contributed by atoms with van der Waals surface area (Å²) in [6, 6.07) is 8.07. The molecule has 0 saturated carbocycles. The van der Waals surface area contributed by atoms with Gasteiger partial charge in [-0.25, -0.2) is 0 Å².